The van der Waals surface area contributed by atoms with Crippen LogP contribution in [0.3, 0.4) is 0 Å². The lowest BCUT2D eigenvalue weighted by molar-refractivity contribution is -0.0424. The van der Waals surface area contributed by atoms with Crippen molar-refractivity contribution < 1.29 is 9.53 Å². The van der Waals surface area contributed by atoms with Crippen LogP contribution >= 0.6 is 0 Å². The summed E-state index contributed by atoms with van der Waals surface area (Å²) < 4.78 is 5.69. The van der Waals surface area contributed by atoms with E-state index in [1.807, 2.05) is 17.9 Å². The first kappa shape index (κ1) is 24.6. The number of piperidine rings is 1. The van der Waals surface area contributed by atoms with E-state index >= 15 is 0 Å². The Kier molecular flexibility index (Phi) is 7.73. The standard InChI is InChI=1S/C30H36N4O2/c1-22-20-34(17-18-36-22)27-13-15-33(16-14-27)30(35)29-23(2)28(31-21-32-29)12-11-24-7-6-10-26(19-24)25-8-4-3-5-9-25/h3-10,19,21-22,27H,11-18,20H2,1-2H3. The molecule has 2 fully saturated rings. The summed E-state index contributed by atoms with van der Waals surface area (Å²) in [4.78, 5) is 26.9. The van der Waals surface area contributed by atoms with E-state index < -0.39 is 0 Å². The van der Waals surface area contributed by atoms with Crippen molar-refractivity contribution in [2.75, 3.05) is 32.8 Å². The van der Waals surface area contributed by atoms with Crippen molar-refractivity contribution in [2.45, 2.75) is 51.7 Å². The molecule has 6 heteroatoms. The molecule has 1 unspecified atom stereocenters. The second-order valence-electron chi connectivity index (χ2n) is 10.1. The molecule has 3 heterocycles. The molecule has 2 aromatic carbocycles. The summed E-state index contributed by atoms with van der Waals surface area (Å²) in [5.41, 5.74) is 6.12. The number of nitrogens with zero attached hydrogens (tertiary/aromatic N) is 4. The fourth-order valence-corrected chi connectivity index (χ4v) is 5.51. The monoisotopic (exact) mass is 484 g/mol. The highest BCUT2D eigenvalue weighted by Gasteiger charge is 2.30. The number of amides is 1. The summed E-state index contributed by atoms with van der Waals surface area (Å²) in [7, 11) is 0. The van der Waals surface area contributed by atoms with Gasteiger partial charge in [0.2, 0.25) is 0 Å². The van der Waals surface area contributed by atoms with Crippen molar-refractivity contribution in [1.82, 2.24) is 19.8 Å². The van der Waals surface area contributed by atoms with E-state index in [-0.39, 0.29) is 5.91 Å². The van der Waals surface area contributed by atoms with Gasteiger partial charge >= 0.3 is 0 Å². The van der Waals surface area contributed by atoms with E-state index in [1.165, 1.54) is 16.7 Å². The number of aryl methyl sites for hydroxylation is 2. The number of ether oxygens (including phenoxy) is 1. The third kappa shape index (κ3) is 5.66. The normalized spacial score (nSPS) is 19.4. The largest absolute Gasteiger partial charge is 0.376 e. The number of likely N-dealkylation sites (tertiary alicyclic amines) is 1. The maximum Gasteiger partial charge on any atom is 0.272 e. The van der Waals surface area contributed by atoms with E-state index in [4.69, 9.17) is 4.74 Å². The molecule has 5 rings (SSSR count). The van der Waals surface area contributed by atoms with Crippen LogP contribution in [0.2, 0.25) is 0 Å². The van der Waals surface area contributed by atoms with Crippen LogP contribution in [0.1, 0.15) is 47.1 Å². The number of aromatic nitrogens is 2. The van der Waals surface area contributed by atoms with Gasteiger partial charge in [0.1, 0.15) is 12.0 Å². The molecule has 2 aliphatic rings. The van der Waals surface area contributed by atoms with Gasteiger partial charge < -0.3 is 9.64 Å². The van der Waals surface area contributed by atoms with Gasteiger partial charge in [0.15, 0.2) is 0 Å². The van der Waals surface area contributed by atoms with Crippen LogP contribution in [0, 0.1) is 6.92 Å². The topological polar surface area (TPSA) is 58.6 Å². The van der Waals surface area contributed by atoms with E-state index in [2.05, 4.69) is 70.3 Å². The molecule has 188 valence electrons. The second kappa shape index (κ2) is 11.3. The maximum absolute atomic E-state index is 13.4. The minimum Gasteiger partial charge on any atom is -0.376 e. The summed E-state index contributed by atoms with van der Waals surface area (Å²) in [6.45, 7) is 8.47. The van der Waals surface area contributed by atoms with Crippen LogP contribution in [-0.4, -0.2) is 70.6 Å². The van der Waals surface area contributed by atoms with E-state index in [0.717, 1.165) is 69.7 Å². The Morgan fingerprint density at radius 3 is 2.53 bits per heavy atom. The van der Waals surface area contributed by atoms with Gasteiger partial charge in [-0.15, -0.1) is 0 Å². The summed E-state index contributed by atoms with van der Waals surface area (Å²) in [5.74, 6) is 0.0380. The average Bonchev–Trinajstić information content (AvgIpc) is 2.93. The molecular weight excluding hydrogens is 448 g/mol. The van der Waals surface area contributed by atoms with Gasteiger partial charge in [-0.05, 0) is 56.2 Å². The van der Waals surface area contributed by atoms with Gasteiger partial charge in [-0.2, -0.15) is 0 Å². The predicted molar refractivity (Wildman–Crippen MR) is 142 cm³/mol. The minimum absolute atomic E-state index is 0.0380. The molecule has 0 radical (unpaired) electrons. The quantitative estimate of drug-likeness (QED) is 0.513. The number of carbonyl (C=O) groups is 1. The summed E-state index contributed by atoms with van der Waals surface area (Å²) in [6, 6.07) is 19.6. The molecule has 0 spiro atoms. The molecule has 36 heavy (non-hydrogen) atoms. The second-order valence-corrected chi connectivity index (χ2v) is 10.1. The lowest BCUT2D eigenvalue weighted by Crippen LogP contribution is -2.51. The first-order valence-electron chi connectivity index (χ1n) is 13.2. The Morgan fingerprint density at radius 1 is 0.972 bits per heavy atom. The Labute approximate surface area is 214 Å². The zero-order valence-electron chi connectivity index (χ0n) is 21.4. The summed E-state index contributed by atoms with van der Waals surface area (Å²) >= 11 is 0. The first-order chi connectivity index (χ1) is 17.6. The van der Waals surface area contributed by atoms with E-state index in [1.54, 1.807) is 6.33 Å². The number of rotatable bonds is 6. The van der Waals surface area contributed by atoms with E-state index in [9.17, 15) is 4.79 Å². The van der Waals surface area contributed by atoms with Gasteiger partial charge in [0, 0.05) is 43.5 Å². The Balaban J connectivity index is 1.21. The van der Waals surface area contributed by atoms with Crippen molar-refractivity contribution >= 4 is 5.91 Å². The third-order valence-corrected chi connectivity index (χ3v) is 7.62. The van der Waals surface area contributed by atoms with Gasteiger partial charge in [0.05, 0.1) is 12.7 Å². The molecule has 1 amide bonds. The Morgan fingerprint density at radius 2 is 1.75 bits per heavy atom. The van der Waals surface area contributed by atoms with Crippen molar-refractivity contribution in [3.05, 3.63) is 83.4 Å². The van der Waals surface area contributed by atoms with Crippen LogP contribution in [-0.2, 0) is 17.6 Å². The van der Waals surface area contributed by atoms with Crippen LogP contribution < -0.4 is 0 Å². The van der Waals surface area contributed by atoms with Gasteiger partial charge in [-0.1, -0.05) is 54.6 Å². The molecule has 6 nitrogen and oxygen atoms in total. The predicted octanol–water partition coefficient (Wildman–Crippen LogP) is 4.56. The molecular formula is C30H36N4O2. The molecule has 1 aromatic heterocycles. The van der Waals surface area contributed by atoms with Crippen LogP contribution in [0.15, 0.2) is 60.9 Å². The number of morpholine rings is 1. The lowest BCUT2D eigenvalue weighted by Gasteiger charge is -2.41. The van der Waals surface area contributed by atoms with Gasteiger partial charge in [-0.25, -0.2) is 9.97 Å². The molecule has 0 saturated carbocycles. The van der Waals surface area contributed by atoms with Gasteiger partial charge in [-0.3, -0.25) is 9.69 Å². The number of hydrogen-bond donors (Lipinski definition) is 0. The highest BCUT2D eigenvalue weighted by Crippen LogP contribution is 2.23. The van der Waals surface area contributed by atoms with Crippen LogP contribution in [0.5, 0.6) is 0 Å². The molecule has 2 aliphatic heterocycles. The van der Waals surface area contributed by atoms with E-state index in [0.29, 0.717) is 17.8 Å². The number of carbonyl (C=O) groups excluding carboxylic acids is 1. The number of hydrogen-bond acceptors (Lipinski definition) is 5. The molecule has 0 N–H and O–H groups in total. The van der Waals surface area contributed by atoms with Crippen LogP contribution in [0.25, 0.3) is 11.1 Å². The smallest absolute Gasteiger partial charge is 0.272 e. The molecule has 3 aromatic rings. The first-order valence-corrected chi connectivity index (χ1v) is 13.2. The molecule has 1 atom stereocenters. The molecule has 0 bridgehead atoms. The molecule has 0 aliphatic carbocycles. The number of benzene rings is 2. The van der Waals surface area contributed by atoms with Gasteiger partial charge in [0.25, 0.3) is 5.91 Å². The van der Waals surface area contributed by atoms with Crippen molar-refractivity contribution in [2.24, 2.45) is 0 Å². The maximum atomic E-state index is 13.4. The summed E-state index contributed by atoms with van der Waals surface area (Å²) in [6.07, 6.45) is 5.51. The Bertz CT molecular complexity index is 1170. The Hall–Kier alpha value is -3.09. The zero-order chi connectivity index (χ0) is 24.9. The van der Waals surface area contributed by atoms with Crippen molar-refractivity contribution in [3.8, 4) is 11.1 Å². The summed E-state index contributed by atoms with van der Waals surface area (Å²) in [5, 5.41) is 0. The fourth-order valence-electron chi connectivity index (χ4n) is 5.51. The highest BCUT2D eigenvalue weighted by molar-refractivity contribution is 5.93. The zero-order valence-corrected chi connectivity index (χ0v) is 21.4. The van der Waals surface area contributed by atoms with Crippen molar-refractivity contribution in [3.63, 3.8) is 0 Å². The molecule has 2 saturated heterocycles. The van der Waals surface area contributed by atoms with Crippen molar-refractivity contribution in [1.29, 1.82) is 0 Å². The third-order valence-electron chi connectivity index (χ3n) is 7.62. The fraction of sp³-hybridized carbons (Fsp3) is 0.433. The average molecular weight is 485 g/mol. The van der Waals surface area contributed by atoms with Crippen LogP contribution in [0.4, 0.5) is 0 Å². The highest BCUT2D eigenvalue weighted by atomic mass is 16.5. The lowest BCUT2D eigenvalue weighted by atomic mass is 9.99. The SMILES string of the molecule is Cc1c(CCc2cccc(-c3ccccc3)c2)ncnc1C(=O)N1CCC(N2CCOC(C)C2)CC1. The minimum atomic E-state index is 0.0380.